The lowest BCUT2D eigenvalue weighted by Crippen LogP contribution is -2.25. The van der Waals surface area contributed by atoms with Crippen LogP contribution in [-0.4, -0.2) is 18.9 Å². The van der Waals surface area contributed by atoms with E-state index in [4.69, 9.17) is 0 Å². The van der Waals surface area contributed by atoms with Crippen LogP contribution in [-0.2, 0) is 12.8 Å². The van der Waals surface area contributed by atoms with E-state index in [1.54, 1.807) is 0 Å². The van der Waals surface area contributed by atoms with Crippen LogP contribution in [0.1, 0.15) is 43.7 Å². The summed E-state index contributed by atoms with van der Waals surface area (Å²) in [5.41, 5.74) is 2.83. The molecule has 98 valence electrons. The Morgan fingerprint density at radius 1 is 1.06 bits per heavy atom. The monoisotopic (exact) mass is 244 g/mol. The number of aryl methyl sites for hydroxylation is 1. The molecule has 0 unspecified atom stereocenters. The zero-order valence-electron chi connectivity index (χ0n) is 11.4. The van der Waals surface area contributed by atoms with Crippen LogP contribution in [0.2, 0.25) is 0 Å². The van der Waals surface area contributed by atoms with Gasteiger partial charge in [0.05, 0.1) is 5.84 Å². The van der Waals surface area contributed by atoms with Crippen molar-refractivity contribution in [1.82, 2.24) is 5.32 Å². The van der Waals surface area contributed by atoms with Gasteiger partial charge in [0.25, 0.3) is 0 Å². The number of hydrogen-bond acceptors (Lipinski definition) is 2. The molecule has 0 saturated heterocycles. The number of nitrogens with zero attached hydrogens (tertiary/aromatic N) is 1. The van der Waals surface area contributed by atoms with Crippen LogP contribution in [0.4, 0.5) is 0 Å². The number of nitrogens with one attached hydrogen (secondary N) is 1. The molecule has 0 bridgehead atoms. The van der Waals surface area contributed by atoms with Gasteiger partial charge in [-0.05, 0) is 36.8 Å². The highest BCUT2D eigenvalue weighted by Crippen LogP contribution is 2.07. The first-order chi connectivity index (χ1) is 8.88. The van der Waals surface area contributed by atoms with Crippen molar-refractivity contribution in [3.63, 3.8) is 0 Å². The predicted octanol–water partition coefficient (Wildman–Crippen LogP) is 3.35. The van der Waals surface area contributed by atoms with Gasteiger partial charge in [0.1, 0.15) is 0 Å². The Balaban J connectivity index is 1.75. The minimum Gasteiger partial charge on any atom is -0.374 e. The molecule has 18 heavy (non-hydrogen) atoms. The summed E-state index contributed by atoms with van der Waals surface area (Å²) >= 11 is 0. The molecule has 1 aliphatic heterocycles. The molecule has 1 aromatic carbocycles. The van der Waals surface area contributed by atoms with E-state index in [0.29, 0.717) is 0 Å². The molecule has 0 aliphatic carbocycles. The second kappa shape index (κ2) is 7.20. The maximum Gasteiger partial charge on any atom is 0.0963 e. The van der Waals surface area contributed by atoms with Crippen molar-refractivity contribution < 1.29 is 0 Å². The Labute approximate surface area is 111 Å². The summed E-state index contributed by atoms with van der Waals surface area (Å²) in [7, 11) is 0. The Hall–Kier alpha value is -1.31. The Kier molecular flexibility index (Phi) is 5.25. The van der Waals surface area contributed by atoms with Crippen molar-refractivity contribution >= 4 is 5.84 Å². The Morgan fingerprint density at radius 3 is 2.61 bits per heavy atom. The third-order valence-corrected chi connectivity index (χ3v) is 3.55. The lowest BCUT2D eigenvalue weighted by atomic mass is 10.1. The fraction of sp³-hybridized carbons (Fsp3) is 0.562. The first-order valence-corrected chi connectivity index (χ1v) is 7.23. The van der Waals surface area contributed by atoms with Gasteiger partial charge in [-0.15, -0.1) is 0 Å². The largest absolute Gasteiger partial charge is 0.374 e. The molecule has 1 heterocycles. The average Bonchev–Trinajstić information content (AvgIpc) is 2.68. The summed E-state index contributed by atoms with van der Waals surface area (Å²) in [4.78, 5) is 4.59. The molecule has 0 spiro atoms. The number of aliphatic imine (C=N–C) groups is 1. The highest BCUT2D eigenvalue weighted by Gasteiger charge is 2.03. The number of hydrogen-bond donors (Lipinski definition) is 1. The molecule has 0 amide bonds. The standard InChI is InChI=1S/C16H24N2/c1-2-14-7-9-15(10-8-14)11-13-18-16-6-4-3-5-12-17-16/h7-10H,2-6,11-13H2,1H3,(H,17,18). The summed E-state index contributed by atoms with van der Waals surface area (Å²) in [6.07, 6.45) is 7.21. The Bertz CT molecular complexity index is 379. The third-order valence-electron chi connectivity index (χ3n) is 3.55. The highest BCUT2D eigenvalue weighted by atomic mass is 15.0. The van der Waals surface area contributed by atoms with E-state index in [9.17, 15) is 0 Å². The summed E-state index contributed by atoms with van der Waals surface area (Å²) in [6, 6.07) is 8.96. The van der Waals surface area contributed by atoms with E-state index in [2.05, 4.69) is 41.5 Å². The molecule has 1 aromatic rings. The summed E-state index contributed by atoms with van der Waals surface area (Å²) in [5, 5.41) is 3.49. The molecular weight excluding hydrogens is 220 g/mol. The van der Waals surface area contributed by atoms with Crippen LogP contribution in [0.25, 0.3) is 0 Å². The molecule has 0 radical (unpaired) electrons. The van der Waals surface area contributed by atoms with Gasteiger partial charge in [-0.3, -0.25) is 4.99 Å². The molecule has 2 rings (SSSR count). The SMILES string of the molecule is CCc1ccc(CCNC2=NCCCCC2)cc1. The van der Waals surface area contributed by atoms with Gasteiger partial charge in [-0.2, -0.15) is 0 Å². The topological polar surface area (TPSA) is 24.4 Å². The van der Waals surface area contributed by atoms with Crippen LogP contribution in [0.3, 0.4) is 0 Å². The van der Waals surface area contributed by atoms with Crippen LogP contribution in [0.15, 0.2) is 29.3 Å². The zero-order valence-corrected chi connectivity index (χ0v) is 11.4. The highest BCUT2D eigenvalue weighted by molar-refractivity contribution is 5.82. The fourth-order valence-corrected chi connectivity index (χ4v) is 2.31. The lowest BCUT2D eigenvalue weighted by Gasteiger charge is -2.08. The summed E-state index contributed by atoms with van der Waals surface area (Å²) < 4.78 is 0. The number of rotatable bonds is 4. The second-order valence-corrected chi connectivity index (χ2v) is 4.99. The first-order valence-electron chi connectivity index (χ1n) is 7.23. The van der Waals surface area contributed by atoms with E-state index in [-0.39, 0.29) is 0 Å². The van der Waals surface area contributed by atoms with E-state index in [0.717, 1.165) is 32.4 Å². The average molecular weight is 244 g/mol. The molecule has 0 aromatic heterocycles. The third kappa shape index (κ3) is 4.17. The molecule has 0 atom stereocenters. The van der Waals surface area contributed by atoms with Crippen molar-refractivity contribution in [2.75, 3.05) is 13.1 Å². The van der Waals surface area contributed by atoms with Crippen LogP contribution in [0.5, 0.6) is 0 Å². The minimum absolute atomic E-state index is 1.00. The van der Waals surface area contributed by atoms with Gasteiger partial charge in [-0.25, -0.2) is 0 Å². The van der Waals surface area contributed by atoms with Crippen molar-refractivity contribution in [3.8, 4) is 0 Å². The summed E-state index contributed by atoms with van der Waals surface area (Å²) in [6.45, 7) is 4.21. The minimum atomic E-state index is 1.00. The molecular formula is C16H24N2. The lowest BCUT2D eigenvalue weighted by molar-refractivity contribution is 0.728. The normalized spacial score (nSPS) is 15.9. The van der Waals surface area contributed by atoms with Gasteiger partial charge in [0.2, 0.25) is 0 Å². The van der Waals surface area contributed by atoms with Crippen LogP contribution < -0.4 is 5.32 Å². The molecule has 0 fully saturated rings. The smallest absolute Gasteiger partial charge is 0.0963 e. The van der Waals surface area contributed by atoms with Gasteiger partial charge >= 0.3 is 0 Å². The zero-order chi connectivity index (χ0) is 12.6. The van der Waals surface area contributed by atoms with E-state index < -0.39 is 0 Å². The van der Waals surface area contributed by atoms with Crippen molar-refractivity contribution in [2.45, 2.75) is 45.4 Å². The second-order valence-electron chi connectivity index (χ2n) is 4.99. The van der Waals surface area contributed by atoms with Crippen molar-refractivity contribution in [3.05, 3.63) is 35.4 Å². The summed E-state index contributed by atoms with van der Waals surface area (Å²) in [5.74, 6) is 1.22. The number of benzene rings is 1. The molecule has 1 aliphatic rings. The molecule has 2 nitrogen and oxygen atoms in total. The maximum atomic E-state index is 4.59. The predicted molar refractivity (Wildman–Crippen MR) is 78.3 cm³/mol. The van der Waals surface area contributed by atoms with E-state index >= 15 is 0 Å². The fourth-order valence-electron chi connectivity index (χ4n) is 2.31. The Morgan fingerprint density at radius 2 is 1.83 bits per heavy atom. The molecule has 2 heteroatoms. The van der Waals surface area contributed by atoms with Crippen LogP contribution in [0, 0.1) is 0 Å². The van der Waals surface area contributed by atoms with E-state index in [1.165, 1.54) is 36.2 Å². The molecule has 1 N–H and O–H groups in total. The van der Waals surface area contributed by atoms with Crippen LogP contribution >= 0.6 is 0 Å². The maximum absolute atomic E-state index is 4.59. The number of amidine groups is 1. The molecule has 0 saturated carbocycles. The van der Waals surface area contributed by atoms with Crippen molar-refractivity contribution in [2.24, 2.45) is 4.99 Å². The quantitative estimate of drug-likeness (QED) is 0.863. The van der Waals surface area contributed by atoms with Gasteiger partial charge < -0.3 is 5.32 Å². The van der Waals surface area contributed by atoms with Gasteiger partial charge in [0, 0.05) is 19.5 Å². The van der Waals surface area contributed by atoms with E-state index in [1.807, 2.05) is 0 Å². The van der Waals surface area contributed by atoms with Gasteiger partial charge in [0.15, 0.2) is 0 Å². The van der Waals surface area contributed by atoms with Gasteiger partial charge in [-0.1, -0.05) is 37.6 Å². The van der Waals surface area contributed by atoms with Crippen molar-refractivity contribution in [1.29, 1.82) is 0 Å². The first kappa shape index (κ1) is 13.1.